The fourth-order valence-electron chi connectivity index (χ4n) is 4.49. The first-order chi connectivity index (χ1) is 15.7. The Bertz CT molecular complexity index is 1110. The van der Waals surface area contributed by atoms with Crippen molar-refractivity contribution >= 4 is 21.8 Å². The molecule has 0 radical (unpaired) electrons. The number of H-pyrrole nitrogens is 1. The number of aromatic amines is 1. The Kier molecular flexibility index (Phi) is 5.99. The van der Waals surface area contributed by atoms with Crippen molar-refractivity contribution in [3.63, 3.8) is 0 Å². The topological polar surface area (TPSA) is 70.7 Å². The molecule has 5 rings (SSSR count). The highest BCUT2D eigenvalue weighted by molar-refractivity contribution is 9.10. The Hall–Kier alpha value is -2.68. The van der Waals surface area contributed by atoms with Gasteiger partial charge in [-0.25, -0.2) is 0 Å². The van der Waals surface area contributed by atoms with E-state index in [1.807, 2.05) is 41.3 Å². The molecule has 1 N–H and O–H groups in total. The third kappa shape index (κ3) is 3.94. The van der Waals surface area contributed by atoms with Gasteiger partial charge in [0.25, 0.3) is 5.91 Å². The molecule has 1 fully saturated rings. The molecule has 2 aliphatic heterocycles. The van der Waals surface area contributed by atoms with E-state index in [2.05, 4.69) is 43.2 Å². The van der Waals surface area contributed by atoms with E-state index in [0.717, 1.165) is 65.5 Å². The summed E-state index contributed by atoms with van der Waals surface area (Å²) in [7, 11) is 1.65. The first-order valence-corrected chi connectivity index (χ1v) is 11.5. The van der Waals surface area contributed by atoms with Crippen LogP contribution in [0.3, 0.4) is 0 Å². The van der Waals surface area contributed by atoms with E-state index in [1.54, 1.807) is 7.11 Å². The number of ether oxygens (including phenoxy) is 2. The van der Waals surface area contributed by atoms with Crippen LogP contribution in [0.2, 0.25) is 0 Å². The monoisotopic (exact) mass is 496 g/mol. The molecule has 2 aliphatic rings. The first kappa shape index (κ1) is 21.2. The Labute approximate surface area is 195 Å². The van der Waals surface area contributed by atoms with Gasteiger partial charge in [-0.15, -0.1) is 0 Å². The van der Waals surface area contributed by atoms with Crippen LogP contribution in [0.5, 0.6) is 5.75 Å². The maximum atomic E-state index is 13.5. The van der Waals surface area contributed by atoms with Gasteiger partial charge < -0.3 is 14.4 Å². The predicted molar refractivity (Wildman–Crippen MR) is 125 cm³/mol. The molecule has 0 bridgehead atoms. The molecule has 1 saturated heterocycles. The molecule has 32 heavy (non-hydrogen) atoms. The van der Waals surface area contributed by atoms with Crippen molar-refractivity contribution in [3.05, 3.63) is 69.8 Å². The largest absolute Gasteiger partial charge is 0.497 e. The number of fused-ring (bicyclic) bond motifs is 1. The number of aromatic nitrogens is 2. The molecule has 1 unspecified atom stereocenters. The number of amides is 1. The quantitative estimate of drug-likeness (QED) is 0.562. The maximum absolute atomic E-state index is 13.5. The van der Waals surface area contributed by atoms with Gasteiger partial charge in [-0.05, 0) is 42.0 Å². The number of hydrogen-bond acceptors (Lipinski definition) is 5. The zero-order valence-electron chi connectivity index (χ0n) is 17.9. The van der Waals surface area contributed by atoms with Crippen LogP contribution in [0.25, 0.3) is 11.3 Å². The number of rotatable bonds is 6. The number of halogens is 1. The second kappa shape index (κ2) is 9.05. The summed E-state index contributed by atoms with van der Waals surface area (Å²) in [6, 6.07) is 15.8. The van der Waals surface area contributed by atoms with E-state index in [0.29, 0.717) is 12.2 Å². The number of benzene rings is 2. The van der Waals surface area contributed by atoms with Crippen LogP contribution in [-0.4, -0.2) is 72.4 Å². The minimum Gasteiger partial charge on any atom is -0.497 e. The van der Waals surface area contributed by atoms with Crippen molar-refractivity contribution in [1.82, 2.24) is 20.0 Å². The van der Waals surface area contributed by atoms with Gasteiger partial charge in [0.15, 0.2) is 0 Å². The summed E-state index contributed by atoms with van der Waals surface area (Å²) >= 11 is 3.59. The lowest BCUT2D eigenvalue weighted by atomic mass is 9.96. The smallest absolute Gasteiger partial charge is 0.273 e. The van der Waals surface area contributed by atoms with Gasteiger partial charge in [-0.2, -0.15) is 5.10 Å². The van der Waals surface area contributed by atoms with Gasteiger partial charge in [-0.3, -0.25) is 14.8 Å². The zero-order chi connectivity index (χ0) is 22.1. The molecular formula is C24H25BrN4O3. The summed E-state index contributed by atoms with van der Waals surface area (Å²) in [6.45, 7) is 4.73. The third-order valence-electron chi connectivity index (χ3n) is 6.15. The van der Waals surface area contributed by atoms with Crippen molar-refractivity contribution in [2.45, 2.75) is 6.04 Å². The predicted octanol–water partition coefficient (Wildman–Crippen LogP) is 3.73. The van der Waals surface area contributed by atoms with Crippen LogP contribution in [0, 0.1) is 0 Å². The highest BCUT2D eigenvalue weighted by Gasteiger charge is 2.42. The van der Waals surface area contributed by atoms with E-state index < -0.39 is 0 Å². The van der Waals surface area contributed by atoms with Gasteiger partial charge in [0.05, 0.1) is 32.1 Å². The Morgan fingerprint density at radius 2 is 1.94 bits per heavy atom. The maximum Gasteiger partial charge on any atom is 0.273 e. The lowest BCUT2D eigenvalue weighted by Crippen LogP contribution is -2.42. The van der Waals surface area contributed by atoms with Gasteiger partial charge >= 0.3 is 0 Å². The van der Waals surface area contributed by atoms with Crippen LogP contribution < -0.4 is 4.74 Å². The molecule has 0 spiro atoms. The van der Waals surface area contributed by atoms with E-state index in [9.17, 15) is 4.79 Å². The minimum absolute atomic E-state index is 0.00880. The number of nitrogens with zero attached hydrogens (tertiary/aromatic N) is 3. The SMILES string of the molecule is COc1ccc(-c2n[nH]c3c2C(c2cccc(Br)c2)N(CCN2CCOCC2)C3=O)cc1. The number of morpholine rings is 1. The van der Waals surface area contributed by atoms with Crippen LogP contribution in [0.1, 0.15) is 27.7 Å². The summed E-state index contributed by atoms with van der Waals surface area (Å²) in [5, 5.41) is 7.57. The van der Waals surface area contributed by atoms with Crippen LogP contribution in [-0.2, 0) is 4.74 Å². The number of methoxy groups -OCH3 is 1. The van der Waals surface area contributed by atoms with Gasteiger partial charge in [-0.1, -0.05) is 28.1 Å². The molecule has 0 saturated carbocycles. The van der Waals surface area contributed by atoms with E-state index in [4.69, 9.17) is 9.47 Å². The van der Waals surface area contributed by atoms with Crippen molar-refractivity contribution in [3.8, 4) is 17.0 Å². The summed E-state index contributed by atoms with van der Waals surface area (Å²) in [6.07, 6.45) is 0. The van der Waals surface area contributed by atoms with Crippen molar-refractivity contribution in [1.29, 1.82) is 0 Å². The molecule has 1 amide bonds. The number of carbonyl (C=O) groups is 1. The average molecular weight is 497 g/mol. The molecule has 8 heteroatoms. The Morgan fingerprint density at radius 1 is 1.16 bits per heavy atom. The molecule has 1 aromatic heterocycles. The van der Waals surface area contributed by atoms with Gasteiger partial charge in [0.2, 0.25) is 0 Å². The van der Waals surface area contributed by atoms with Gasteiger partial charge in [0.1, 0.15) is 11.4 Å². The Morgan fingerprint density at radius 3 is 2.66 bits per heavy atom. The highest BCUT2D eigenvalue weighted by atomic mass is 79.9. The number of nitrogens with one attached hydrogen (secondary N) is 1. The van der Waals surface area contributed by atoms with Crippen molar-refractivity contribution < 1.29 is 14.3 Å². The second-order valence-electron chi connectivity index (χ2n) is 8.00. The number of carbonyl (C=O) groups excluding carboxylic acids is 1. The molecule has 3 heterocycles. The van der Waals surface area contributed by atoms with E-state index >= 15 is 0 Å². The summed E-state index contributed by atoms with van der Waals surface area (Å²) in [5.41, 5.74) is 4.31. The lowest BCUT2D eigenvalue weighted by molar-refractivity contribution is 0.0316. The minimum atomic E-state index is -0.202. The van der Waals surface area contributed by atoms with Crippen LogP contribution in [0.4, 0.5) is 0 Å². The fourth-order valence-corrected chi connectivity index (χ4v) is 4.91. The highest BCUT2D eigenvalue weighted by Crippen LogP contribution is 2.43. The van der Waals surface area contributed by atoms with E-state index in [-0.39, 0.29) is 11.9 Å². The Balaban J connectivity index is 1.52. The second-order valence-corrected chi connectivity index (χ2v) is 8.92. The fraction of sp³-hybridized carbons (Fsp3) is 0.333. The normalized spacial score (nSPS) is 18.8. The van der Waals surface area contributed by atoms with Crippen LogP contribution >= 0.6 is 15.9 Å². The summed E-state index contributed by atoms with van der Waals surface area (Å²) < 4.78 is 11.7. The van der Waals surface area contributed by atoms with Crippen molar-refractivity contribution in [2.24, 2.45) is 0 Å². The van der Waals surface area contributed by atoms with Crippen LogP contribution in [0.15, 0.2) is 53.0 Å². The molecule has 0 aliphatic carbocycles. The third-order valence-corrected chi connectivity index (χ3v) is 6.65. The number of hydrogen-bond donors (Lipinski definition) is 1. The average Bonchev–Trinajstić information content (AvgIpc) is 3.37. The first-order valence-electron chi connectivity index (χ1n) is 10.7. The molecular weight excluding hydrogens is 472 g/mol. The van der Waals surface area contributed by atoms with Gasteiger partial charge in [0, 0.05) is 41.8 Å². The molecule has 166 valence electrons. The standard InChI is InChI=1S/C24H25BrN4O3/c1-31-19-7-5-16(6-8-19)21-20-22(27-26-21)24(30)29(10-9-28-11-13-32-14-12-28)23(20)17-3-2-4-18(25)15-17/h2-8,15,23H,9-14H2,1H3,(H,26,27). The lowest BCUT2D eigenvalue weighted by Gasteiger charge is -2.31. The molecule has 1 atom stereocenters. The van der Waals surface area contributed by atoms with E-state index in [1.165, 1.54) is 0 Å². The zero-order valence-corrected chi connectivity index (χ0v) is 19.5. The molecule has 3 aromatic rings. The molecule has 2 aromatic carbocycles. The summed E-state index contributed by atoms with van der Waals surface area (Å²) in [4.78, 5) is 17.8. The summed E-state index contributed by atoms with van der Waals surface area (Å²) in [5.74, 6) is 0.776. The van der Waals surface area contributed by atoms with Crippen molar-refractivity contribution in [2.75, 3.05) is 46.5 Å². The molecule has 7 nitrogen and oxygen atoms in total.